The number of rotatable bonds is 4. The summed E-state index contributed by atoms with van der Waals surface area (Å²) in [6.07, 6.45) is 1.12. The third-order valence-electron chi connectivity index (χ3n) is 5.82. The molecule has 1 N–H and O–H groups in total. The second-order valence-electron chi connectivity index (χ2n) is 7.65. The minimum absolute atomic E-state index is 0.0697. The van der Waals surface area contributed by atoms with E-state index in [-0.39, 0.29) is 11.7 Å². The van der Waals surface area contributed by atoms with Crippen LogP contribution in [-0.4, -0.2) is 12.4 Å². The second-order valence-corrected chi connectivity index (χ2v) is 8.09. The number of para-hydroxylation sites is 1. The molecule has 4 rings (SSSR count). The highest BCUT2D eigenvalue weighted by molar-refractivity contribution is 6.30. The van der Waals surface area contributed by atoms with Gasteiger partial charge in [0.15, 0.2) is 5.78 Å². The van der Waals surface area contributed by atoms with Crippen LogP contribution in [0.4, 0.5) is 0 Å². The number of nitrogens with zero attached hydrogens (tertiary/aromatic N) is 1. The van der Waals surface area contributed by atoms with E-state index in [0.717, 1.165) is 22.5 Å². The fourth-order valence-electron chi connectivity index (χ4n) is 4.47. The molecule has 152 valence electrons. The van der Waals surface area contributed by atoms with Gasteiger partial charge in [-0.25, -0.2) is 0 Å². The van der Waals surface area contributed by atoms with Gasteiger partial charge in [-0.1, -0.05) is 41.9 Å². The molecule has 30 heavy (non-hydrogen) atoms. The van der Waals surface area contributed by atoms with Gasteiger partial charge in [-0.2, -0.15) is 5.26 Å². The van der Waals surface area contributed by atoms with Gasteiger partial charge in [0, 0.05) is 34.0 Å². The van der Waals surface area contributed by atoms with Crippen LogP contribution >= 0.6 is 11.6 Å². The average Bonchev–Trinajstić information content (AvgIpc) is 2.74. The third-order valence-corrected chi connectivity index (χ3v) is 6.07. The maximum absolute atomic E-state index is 13.4. The molecule has 0 bridgehead atoms. The first-order valence-electron chi connectivity index (χ1n) is 10.1. The lowest BCUT2D eigenvalue weighted by Crippen LogP contribution is -2.33. The van der Waals surface area contributed by atoms with Crippen LogP contribution in [0.2, 0.25) is 5.02 Å². The summed E-state index contributed by atoms with van der Waals surface area (Å²) in [4.78, 5) is 13.4. The van der Waals surface area contributed by atoms with Crippen molar-refractivity contribution in [1.82, 2.24) is 5.32 Å². The molecule has 2 aromatic carbocycles. The van der Waals surface area contributed by atoms with Crippen molar-refractivity contribution in [2.24, 2.45) is 0 Å². The molecule has 0 fully saturated rings. The molecule has 4 nitrogen and oxygen atoms in total. The molecular formula is C25H23ClN2O2. The van der Waals surface area contributed by atoms with Crippen molar-refractivity contribution in [2.45, 2.75) is 38.5 Å². The van der Waals surface area contributed by atoms with Crippen molar-refractivity contribution < 1.29 is 9.53 Å². The predicted molar refractivity (Wildman–Crippen MR) is 117 cm³/mol. The van der Waals surface area contributed by atoms with Crippen LogP contribution in [0.15, 0.2) is 71.1 Å². The Morgan fingerprint density at radius 3 is 2.60 bits per heavy atom. The summed E-state index contributed by atoms with van der Waals surface area (Å²) in [6.45, 7) is 4.35. The number of benzene rings is 2. The molecule has 2 atom stereocenters. The molecule has 0 amide bonds. The van der Waals surface area contributed by atoms with Crippen LogP contribution in [-0.2, 0) is 4.79 Å². The lowest BCUT2D eigenvalue weighted by Gasteiger charge is -2.36. The molecule has 1 aliphatic heterocycles. The van der Waals surface area contributed by atoms with E-state index in [1.54, 1.807) is 0 Å². The summed E-state index contributed by atoms with van der Waals surface area (Å²) < 4.78 is 5.84. The Hall–Kier alpha value is -3.03. The first kappa shape index (κ1) is 20.3. The topological polar surface area (TPSA) is 62.1 Å². The van der Waals surface area contributed by atoms with Gasteiger partial charge in [0.25, 0.3) is 0 Å². The highest BCUT2D eigenvalue weighted by Gasteiger charge is 2.39. The normalized spacial score (nSPS) is 21.1. The number of dihydropyridines is 1. The maximum atomic E-state index is 13.4. The Morgan fingerprint density at radius 1 is 1.17 bits per heavy atom. The Bertz CT molecular complexity index is 1090. The number of ketones is 1. The molecule has 0 aromatic heterocycles. The Kier molecular flexibility index (Phi) is 5.65. The van der Waals surface area contributed by atoms with E-state index < -0.39 is 5.92 Å². The fraction of sp³-hybridized carbons (Fsp3) is 0.280. The van der Waals surface area contributed by atoms with Crippen LogP contribution in [0.1, 0.15) is 49.7 Å². The smallest absolute Gasteiger partial charge is 0.162 e. The number of hydrogen-bond donors (Lipinski definition) is 1. The number of Topliss-reactive ketones (excluding diaryl/α,β-unsaturated/α-hetero) is 1. The standard InChI is InChI=1S/C25H23ClN2O2/c1-3-30-23-7-5-4-6-19(23)24-20(14-27)15(2)28-21-12-17(13-22(29)25(21)24)16-8-10-18(26)11-9-16/h4-11,17,24,28H,3,12-13H2,1-2H3/t17-,24-/m0/s1. The molecular weight excluding hydrogens is 396 g/mol. The first-order chi connectivity index (χ1) is 14.5. The van der Waals surface area contributed by atoms with Gasteiger partial charge in [-0.05, 0) is 49.9 Å². The third kappa shape index (κ3) is 3.62. The first-order valence-corrected chi connectivity index (χ1v) is 10.5. The Balaban J connectivity index is 1.80. The van der Waals surface area contributed by atoms with Crippen molar-refractivity contribution in [3.8, 4) is 11.8 Å². The van der Waals surface area contributed by atoms with Crippen LogP contribution in [0, 0.1) is 11.3 Å². The molecule has 2 aliphatic rings. The van der Waals surface area contributed by atoms with Crippen LogP contribution in [0.25, 0.3) is 0 Å². The lowest BCUT2D eigenvalue weighted by molar-refractivity contribution is -0.116. The van der Waals surface area contributed by atoms with Crippen molar-refractivity contribution in [1.29, 1.82) is 5.26 Å². The average molecular weight is 419 g/mol. The van der Waals surface area contributed by atoms with Gasteiger partial charge in [0.2, 0.25) is 0 Å². The Morgan fingerprint density at radius 2 is 1.90 bits per heavy atom. The van der Waals surface area contributed by atoms with Crippen molar-refractivity contribution in [2.75, 3.05) is 6.61 Å². The number of halogens is 1. The van der Waals surface area contributed by atoms with E-state index in [4.69, 9.17) is 16.3 Å². The molecule has 1 heterocycles. The van der Waals surface area contributed by atoms with Crippen LogP contribution < -0.4 is 10.1 Å². The summed E-state index contributed by atoms with van der Waals surface area (Å²) >= 11 is 6.03. The molecule has 0 spiro atoms. The number of carbonyl (C=O) groups excluding carboxylic acids is 1. The molecule has 5 heteroatoms. The predicted octanol–water partition coefficient (Wildman–Crippen LogP) is 5.62. The summed E-state index contributed by atoms with van der Waals surface area (Å²) in [5, 5.41) is 14.0. The van der Waals surface area contributed by atoms with Crippen LogP contribution in [0.5, 0.6) is 5.75 Å². The highest BCUT2D eigenvalue weighted by atomic mass is 35.5. The molecule has 0 unspecified atom stereocenters. The summed E-state index contributed by atoms with van der Waals surface area (Å²) in [5.41, 5.74) is 4.91. The van der Waals surface area contributed by atoms with Crippen molar-refractivity contribution in [3.05, 3.63) is 87.2 Å². The fourth-order valence-corrected chi connectivity index (χ4v) is 4.60. The van der Waals surface area contributed by atoms with Gasteiger partial charge in [-0.3, -0.25) is 4.79 Å². The molecule has 1 aliphatic carbocycles. The lowest BCUT2D eigenvalue weighted by atomic mass is 9.72. The van der Waals surface area contributed by atoms with E-state index in [1.165, 1.54) is 0 Å². The van der Waals surface area contributed by atoms with Gasteiger partial charge in [0.1, 0.15) is 5.75 Å². The monoisotopic (exact) mass is 418 g/mol. The van der Waals surface area contributed by atoms with Gasteiger partial charge < -0.3 is 10.1 Å². The summed E-state index contributed by atoms with van der Waals surface area (Å²) in [6, 6.07) is 17.7. The van der Waals surface area contributed by atoms with E-state index in [1.807, 2.05) is 62.4 Å². The van der Waals surface area contributed by atoms with Gasteiger partial charge >= 0.3 is 0 Å². The number of carbonyl (C=O) groups is 1. The summed E-state index contributed by atoms with van der Waals surface area (Å²) in [5.74, 6) is 0.458. The number of nitriles is 1. The maximum Gasteiger partial charge on any atom is 0.162 e. The van der Waals surface area contributed by atoms with E-state index in [2.05, 4.69) is 11.4 Å². The highest BCUT2D eigenvalue weighted by Crippen LogP contribution is 2.47. The quantitative estimate of drug-likeness (QED) is 0.699. The minimum Gasteiger partial charge on any atom is -0.494 e. The molecule has 0 saturated carbocycles. The van der Waals surface area contributed by atoms with E-state index in [0.29, 0.717) is 41.4 Å². The zero-order valence-electron chi connectivity index (χ0n) is 17.0. The van der Waals surface area contributed by atoms with E-state index >= 15 is 0 Å². The number of hydrogen-bond acceptors (Lipinski definition) is 4. The Labute approximate surface area is 181 Å². The SMILES string of the molecule is CCOc1ccccc1[C@H]1C(C#N)=C(C)NC2=C1C(=O)C[C@@H](c1ccc(Cl)cc1)C2. The molecule has 0 saturated heterocycles. The number of allylic oxidation sites excluding steroid dienone is 4. The second kappa shape index (κ2) is 8.38. The van der Waals surface area contributed by atoms with Crippen LogP contribution in [0.3, 0.4) is 0 Å². The van der Waals surface area contributed by atoms with E-state index in [9.17, 15) is 10.1 Å². The number of nitrogens with one attached hydrogen (secondary N) is 1. The molecule has 0 radical (unpaired) electrons. The zero-order valence-corrected chi connectivity index (χ0v) is 17.8. The van der Waals surface area contributed by atoms with Gasteiger partial charge in [0.05, 0.1) is 24.2 Å². The van der Waals surface area contributed by atoms with Crippen molar-refractivity contribution in [3.63, 3.8) is 0 Å². The van der Waals surface area contributed by atoms with Gasteiger partial charge in [-0.15, -0.1) is 0 Å². The minimum atomic E-state index is -0.410. The zero-order chi connectivity index (χ0) is 21.3. The molecule has 2 aromatic rings. The largest absolute Gasteiger partial charge is 0.494 e. The number of ether oxygens (including phenoxy) is 1. The van der Waals surface area contributed by atoms with Crippen molar-refractivity contribution >= 4 is 17.4 Å². The summed E-state index contributed by atoms with van der Waals surface area (Å²) in [7, 11) is 0.